The minimum absolute atomic E-state index is 0.0393. The van der Waals surface area contributed by atoms with Crippen molar-refractivity contribution >= 4 is 11.6 Å². The molecule has 19 heavy (non-hydrogen) atoms. The van der Waals surface area contributed by atoms with Gasteiger partial charge in [0, 0.05) is 24.2 Å². The van der Waals surface area contributed by atoms with Crippen molar-refractivity contribution in [2.24, 2.45) is 23.2 Å². The molecule has 0 radical (unpaired) electrons. The Morgan fingerprint density at radius 1 is 1.16 bits per heavy atom. The highest BCUT2D eigenvalue weighted by molar-refractivity contribution is 5.97. The van der Waals surface area contributed by atoms with Crippen molar-refractivity contribution < 1.29 is 9.59 Å². The summed E-state index contributed by atoms with van der Waals surface area (Å²) in [5, 5.41) is 3.42. The van der Waals surface area contributed by atoms with E-state index < -0.39 is 0 Å². The van der Waals surface area contributed by atoms with Gasteiger partial charge in [-0.25, -0.2) is 0 Å². The van der Waals surface area contributed by atoms with Gasteiger partial charge in [-0.2, -0.15) is 0 Å². The first-order valence-corrected chi connectivity index (χ1v) is 7.91. The third-order valence-corrected chi connectivity index (χ3v) is 5.72. The molecule has 3 fully saturated rings. The van der Waals surface area contributed by atoms with Gasteiger partial charge in [0.15, 0.2) is 0 Å². The maximum absolute atomic E-state index is 12.8. The van der Waals surface area contributed by atoms with Crippen LogP contribution in [0.15, 0.2) is 0 Å². The van der Waals surface area contributed by atoms with Crippen LogP contribution in [0.25, 0.3) is 0 Å². The molecule has 1 unspecified atom stereocenters. The van der Waals surface area contributed by atoms with Crippen LogP contribution in [0.4, 0.5) is 0 Å². The second-order valence-corrected chi connectivity index (χ2v) is 6.92. The van der Waals surface area contributed by atoms with E-state index in [-0.39, 0.29) is 11.3 Å². The van der Waals surface area contributed by atoms with E-state index in [1.165, 1.54) is 0 Å². The summed E-state index contributed by atoms with van der Waals surface area (Å²) in [5.74, 6) is 1.65. The Hall–Kier alpha value is -0.700. The number of hydrogen-bond acceptors (Lipinski definition) is 3. The van der Waals surface area contributed by atoms with Crippen LogP contribution < -0.4 is 5.32 Å². The van der Waals surface area contributed by atoms with Gasteiger partial charge in [0.2, 0.25) is 0 Å². The molecule has 1 aliphatic heterocycles. The molecule has 2 saturated carbocycles. The zero-order valence-corrected chi connectivity index (χ0v) is 11.9. The summed E-state index contributed by atoms with van der Waals surface area (Å²) in [7, 11) is 0. The second-order valence-electron chi connectivity index (χ2n) is 6.92. The molecule has 1 spiro atoms. The lowest BCUT2D eigenvalue weighted by atomic mass is 9.58. The predicted octanol–water partition coefficient (Wildman–Crippen LogP) is 2.34. The van der Waals surface area contributed by atoms with Crippen molar-refractivity contribution in [1.29, 1.82) is 0 Å². The van der Waals surface area contributed by atoms with E-state index in [9.17, 15) is 9.59 Å². The normalized spacial score (nSPS) is 43.9. The highest BCUT2D eigenvalue weighted by Gasteiger charge is 2.59. The van der Waals surface area contributed by atoms with Crippen LogP contribution in [0.3, 0.4) is 0 Å². The molecule has 2 aliphatic carbocycles. The molecule has 0 aromatic heterocycles. The topological polar surface area (TPSA) is 46.2 Å². The largest absolute Gasteiger partial charge is 0.317 e. The lowest BCUT2D eigenvalue weighted by molar-refractivity contribution is -0.142. The number of hydrogen-bond donors (Lipinski definition) is 1. The van der Waals surface area contributed by atoms with Gasteiger partial charge in [-0.05, 0) is 57.0 Å². The fraction of sp³-hybridized carbons (Fsp3) is 0.875. The van der Waals surface area contributed by atoms with Crippen molar-refractivity contribution in [3.8, 4) is 0 Å². The molecular formula is C16H25NO2. The summed E-state index contributed by atoms with van der Waals surface area (Å²) in [6, 6.07) is 0. The second kappa shape index (κ2) is 5.01. The Morgan fingerprint density at radius 2 is 1.95 bits per heavy atom. The molecule has 0 amide bonds. The molecule has 3 rings (SSSR count). The Morgan fingerprint density at radius 3 is 2.79 bits per heavy atom. The molecule has 0 bridgehead atoms. The molecular weight excluding hydrogens is 238 g/mol. The van der Waals surface area contributed by atoms with Gasteiger partial charge in [-0.15, -0.1) is 0 Å². The van der Waals surface area contributed by atoms with E-state index >= 15 is 0 Å². The van der Waals surface area contributed by atoms with E-state index in [0.29, 0.717) is 36.2 Å². The fourth-order valence-electron chi connectivity index (χ4n) is 4.93. The third kappa shape index (κ3) is 2.06. The first kappa shape index (κ1) is 13.3. The SMILES string of the molecule is CC1CC(=O)[C@]23CCCNCCC[C@H]2C(=O)C[C@@H]3C1. The minimum atomic E-state index is -0.268. The Kier molecular flexibility index (Phi) is 3.50. The van der Waals surface area contributed by atoms with Crippen molar-refractivity contribution in [3.63, 3.8) is 0 Å². The van der Waals surface area contributed by atoms with Crippen LogP contribution >= 0.6 is 0 Å². The average molecular weight is 263 g/mol. The summed E-state index contributed by atoms with van der Waals surface area (Å²) >= 11 is 0. The highest BCUT2D eigenvalue weighted by Crippen LogP contribution is 2.57. The molecule has 3 heteroatoms. The summed E-state index contributed by atoms with van der Waals surface area (Å²) < 4.78 is 0. The van der Waals surface area contributed by atoms with E-state index in [1.54, 1.807) is 0 Å². The lowest BCUT2D eigenvalue weighted by Crippen LogP contribution is -2.45. The van der Waals surface area contributed by atoms with Gasteiger partial charge in [0.05, 0.1) is 0 Å². The number of carbonyl (C=O) groups excluding carboxylic acids is 2. The molecule has 0 aromatic rings. The van der Waals surface area contributed by atoms with Crippen molar-refractivity contribution in [2.45, 2.75) is 51.9 Å². The standard InChI is InChI=1S/C16H25NO2/c1-11-8-12-10-14(18)13-4-2-6-17-7-3-5-16(12,13)15(19)9-11/h11-13,17H,2-10H2,1H3/t11?,12-,13-,16-/m0/s1. The number of carbonyl (C=O) groups is 2. The smallest absolute Gasteiger partial charge is 0.140 e. The first-order chi connectivity index (χ1) is 9.14. The van der Waals surface area contributed by atoms with Crippen LogP contribution in [-0.4, -0.2) is 24.7 Å². The van der Waals surface area contributed by atoms with E-state index in [1.807, 2.05) is 0 Å². The van der Waals surface area contributed by atoms with Gasteiger partial charge in [-0.3, -0.25) is 9.59 Å². The van der Waals surface area contributed by atoms with Gasteiger partial charge in [0.1, 0.15) is 11.6 Å². The zero-order chi connectivity index (χ0) is 13.5. The van der Waals surface area contributed by atoms with Crippen LogP contribution in [0.1, 0.15) is 51.9 Å². The molecule has 1 heterocycles. The average Bonchev–Trinajstić information content (AvgIpc) is 2.67. The van der Waals surface area contributed by atoms with E-state index in [2.05, 4.69) is 12.2 Å². The number of nitrogens with one attached hydrogen (secondary N) is 1. The van der Waals surface area contributed by atoms with Crippen molar-refractivity contribution in [1.82, 2.24) is 5.32 Å². The van der Waals surface area contributed by atoms with Gasteiger partial charge in [0.25, 0.3) is 0 Å². The Labute approximate surface area is 115 Å². The molecule has 1 saturated heterocycles. The number of Topliss-reactive ketones (excluding diaryl/α,β-unsaturated/α-hetero) is 2. The highest BCUT2D eigenvalue weighted by atomic mass is 16.1. The Bertz CT molecular complexity index is 392. The summed E-state index contributed by atoms with van der Waals surface area (Å²) in [4.78, 5) is 25.2. The quantitative estimate of drug-likeness (QED) is 0.729. The lowest BCUT2D eigenvalue weighted by Gasteiger charge is -2.43. The molecule has 1 N–H and O–H groups in total. The maximum atomic E-state index is 12.8. The zero-order valence-electron chi connectivity index (χ0n) is 11.9. The monoisotopic (exact) mass is 263 g/mol. The molecule has 106 valence electrons. The summed E-state index contributed by atoms with van der Waals surface area (Å²) in [5.41, 5.74) is -0.268. The summed E-state index contributed by atoms with van der Waals surface area (Å²) in [6.07, 6.45) is 6.40. The predicted molar refractivity (Wildman–Crippen MR) is 73.8 cm³/mol. The Balaban J connectivity index is 1.96. The van der Waals surface area contributed by atoms with Crippen LogP contribution in [0.5, 0.6) is 0 Å². The first-order valence-electron chi connectivity index (χ1n) is 7.91. The minimum Gasteiger partial charge on any atom is -0.317 e. The third-order valence-electron chi connectivity index (χ3n) is 5.72. The van der Waals surface area contributed by atoms with Crippen LogP contribution in [0.2, 0.25) is 0 Å². The molecule has 3 nitrogen and oxygen atoms in total. The van der Waals surface area contributed by atoms with Gasteiger partial charge in [-0.1, -0.05) is 6.92 Å². The fourth-order valence-corrected chi connectivity index (χ4v) is 4.93. The molecule has 3 aliphatic rings. The van der Waals surface area contributed by atoms with Crippen molar-refractivity contribution in [2.75, 3.05) is 13.1 Å². The number of rotatable bonds is 0. The maximum Gasteiger partial charge on any atom is 0.140 e. The van der Waals surface area contributed by atoms with Gasteiger partial charge >= 0.3 is 0 Å². The molecule has 0 aromatic carbocycles. The number of ketones is 2. The summed E-state index contributed by atoms with van der Waals surface area (Å²) in [6.45, 7) is 4.16. The van der Waals surface area contributed by atoms with E-state index in [4.69, 9.17) is 0 Å². The van der Waals surface area contributed by atoms with E-state index in [0.717, 1.165) is 45.2 Å². The van der Waals surface area contributed by atoms with Gasteiger partial charge < -0.3 is 5.32 Å². The van der Waals surface area contributed by atoms with Crippen LogP contribution in [0, 0.1) is 23.2 Å². The molecule has 4 atom stereocenters. The van der Waals surface area contributed by atoms with Crippen LogP contribution in [-0.2, 0) is 9.59 Å². The van der Waals surface area contributed by atoms with Crippen molar-refractivity contribution in [3.05, 3.63) is 0 Å².